The van der Waals surface area contributed by atoms with Crippen molar-refractivity contribution in [1.82, 2.24) is 15.0 Å². The van der Waals surface area contributed by atoms with E-state index in [1.54, 1.807) is 24.0 Å². The van der Waals surface area contributed by atoms with E-state index in [0.717, 1.165) is 30.4 Å². The van der Waals surface area contributed by atoms with Gasteiger partial charge in [0, 0.05) is 31.4 Å². The summed E-state index contributed by atoms with van der Waals surface area (Å²) in [6.07, 6.45) is 4.55. The van der Waals surface area contributed by atoms with Crippen LogP contribution in [0.4, 0.5) is 29.9 Å². The van der Waals surface area contributed by atoms with Gasteiger partial charge in [0.1, 0.15) is 11.6 Å². The van der Waals surface area contributed by atoms with Gasteiger partial charge in [-0.25, -0.2) is 36.5 Å². The molecule has 5 rings (SSSR count). The largest absolute Gasteiger partial charge is 0.378 e. The molecule has 42 heavy (non-hydrogen) atoms. The van der Waals surface area contributed by atoms with Crippen molar-refractivity contribution in [2.24, 2.45) is 0 Å². The second kappa shape index (κ2) is 13.3. The fourth-order valence-electron chi connectivity index (χ4n) is 4.27. The molecule has 2 N–H and O–H groups in total. The Kier molecular flexibility index (Phi) is 9.50. The number of nitrogens with zero attached hydrogens (tertiary/aromatic N) is 4. The van der Waals surface area contributed by atoms with Crippen molar-refractivity contribution >= 4 is 49.9 Å². The van der Waals surface area contributed by atoms with Crippen LogP contribution in [-0.2, 0) is 14.8 Å². The van der Waals surface area contributed by atoms with Crippen LogP contribution in [-0.4, -0.2) is 68.2 Å². The lowest BCUT2D eigenvalue weighted by Crippen LogP contribution is -2.36. The topological polar surface area (TPSA) is 109 Å². The molecule has 0 atom stereocenters. The van der Waals surface area contributed by atoms with Crippen LogP contribution in [0, 0.1) is 17.5 Å². The molecule has 2 aromatic heterocycles. The highest BCUT2D eigenvalue weighted by molar-refractivity contribution is 7.98. The van der Waals surface area contributed by atoms with Crippen molar-refractivity contribution < 1.29 is 26.3 Å². The number of halogens is 3. The highest BCUT2D eigenvalue weighted by atomic mass is 32.2. The first-order chi connectivity index (χ1) is 20.3. The van der Waals surface area contributed by atoms with Crippen molar-refractivity contribution in [2.45, 2.75) is 11.3 Å². The Bertz CT molecular complexity index is 1650. The van der Waals surface area contributed by atoms with Gasteiger partial charge in [0.05, 0.1) is 35.2 Å². The van der Waals surface area contributed by atoms with Crippen molar-refractivity contribution in [3.63, 3.8) is 0 Å². The number of hydrogen-bond donors (Lipinski definition) is 2. The molecular weight excluding hydrogens is 610 g/mol. The van der Waals surface area contributed by atoms with E-state index in [1.165, 1.54) is 29.5 Å². The van der Waals surface area contributed by atoms with Gasteiger partial charge in [0.25, 0.3) is 10.0 Å². The zero-order valence-electron chi connectivity index (χ0n) is 22.4. The van der Waals surface area contributed by atoms with Crippen LogP contribution >= 0.6 is 23.1 Å². The van der Waals surface area contributed by atoms with E-state index in [0.29, 0.717) is 54.5 Å². The van der Waals surface area contributed by atoms with Crippen LogP contribution in [0.1, 0.15) is 6.42 Å². The average molecular weight is 637 g/mol. The SMILES string of the molecule is CSCCCNc1nccc(-c2sc(N3CCOCC3)nc2-c2cccc(NS(=O)(=O)c3c(F)cccc3F)c2F)n1. The van der Waals surface area contributed by atoms with E-state index in [2.05, 4.69) is 15.3 Å². The molecule has 3 heterocycles. The molecule has 1 fully saturated rings. The fourth-order valence-corrected chi connectivity index (χ4v) is 7.00. The minimum absolute atomic E-state index is 0.0111. The van der Waals surface area contributed by atoms with E-state index in [4.69, 9.17) is 9.72 Å². The molecular formula is C27H27F3N6O3S3. The van der Waals surface area contributed by atoms with Crippen LogP contribution in [0.15, 0.2) is 53.6 Å². The van der Waals surface area contributed by atoms with E-state index in [1.807, 2.05) is 15.9 Å². The third-order valence-corrected chi connectivity index (χ3v) is 9.53. The van der Waals surface area contributed by atoms with Gasteiger partial charge in [-0.2, -0.15) is 11.8 Å². The normalized spacial score (nSPS) is 13.8. The maximum Gasteiger partial charge on any atom is 0.267 e. The molecule has 1 aliphatic heterocycles. The Morgan fingerprint density at radius 1 is 1.05 bits per heavy atom. The van der Waals surface area contributed by atoms with Crippen LogP contribution in [0.5, 0.6) is 0 Å². The molecule has 2 aromatic carbocycles. The predicted octanol–water partition coefficient (Wildman–Crippen LogP) is 5.49. The van der Waals surface area contributed by atoms with Gasteiger partial charge in [-0.05, 0) is 48.8 Å². The van der Waals surface area contributed by atoms with Gasteiger partial charge in [-0.15, -0.1) is 0 Å². The second-order valence-electron chi connectivity index (χ2n) is 9.14. The maximum absolute atomic E-state index is 16.0. The number of sulfonamides is 1. The molecule has 4 aromatic rings. The lowest BCUT2D eigenvalue weighted by Gasteiger charge is -2.26. The molecule has 15 heteroatoms. The van der Waals surface area contributed by atoms with Gasteiger partial charge in [0.15, 0.2) is 15.8 Å². The van der Waals surface area contributed by atoms with Gasteiger partial charge >= 0.3 is 0 Å². The monoisotopic (exact) mass is 636 g/mol. The van der Waals surface area contributed by atoms with E-state index < -0.39 is 38.1 Å². The number of nitrogens with one attached hydrogen (secondary N) is 2. The predicted molar refractivity (Wildman–Crippen MR) is 160 cm³/mol. The molecule has 0 amide bonds. The number of thioether (sulfide) groups is 1. The number of ether oxygens (including phenoxy) is 1. The van der Waals surface area contributed by atoms with Gasteiger partial charge in [0.2, 0.25) is 5.95 Å². The smallest absolute Gasteiger partial charge is 0.267 e. The minimum atomic E-state index is -4.80. The number of thiazole rings is 1. The van der Waals surface area contributed by atoms with Crippen molar-refractivity contribution in [1.29, 1.82) is 0 Å². The van der Waals surface area contributed by atoms with Crippen molar-refractivity contribution in [3.8, 4) is 21.8 Å². The number of anilines is 3. The first kappa shape index (κ1) is 30.1. The zero-order valence-corrected chi connectivity index (χ0v) is 24.9. The van der Waals surface area contributed by atoms with Crippen molar-refractivity contribution in [2.75, 3.05) is 59.8 Å². The standard InChI is InChI=1S/C27H27F3N6O3S3/c1-40-16-4-10-31-26-32-11-9-21(33-26)24-23(34-27(41-24)36-12-14-39-15-13-36)17-5-2-8-20(22(17)30)35-42(37,38)25-18(28)6-3-7-19(25)29/h2-3,5-9,11,35H,4,10,12-16H2,1H3,(H,31,32,33). The summed E-state index contributed by atoms with van der Waals surface area (Å²) >= 11 is 3.06. The number of rotatable bonds is 11. The van der Waals surface area contributed by atoms with Crippen LogP contribution in [0.2, 0.25) is 0 Å². The molecule has 0 unspecified atom stereocenters. The van der Waals surface area contributed by atoms with E-state index >= 15 is 4.39 Å². The van der Waals surface area contributed by atoms with Crippen LogP contribution in [0.25, 0.3) is 21.8 Å². The fraction of sp³-hybridized carbons (Fsp3) is 0.296. The molecule has 0 saturated carbocycles. The van der Waals surface area contributed by atoms with E-state index in [-0.39, 0.29) is 11.3 Å². The Balaban J connectivity index is 1.55. The molecule has 9 nitrogen and oxygen atoms in total. The quantitative estimate of drug-likeness (QED) is 0.207. The summed E-state index contributed by atoms with van der Waals surface area (Å²) in [5.41, 5.74) is 0.247. The zero-order chi connectivity index (χ0) is 29.7. The molecule has 222 valence electrons. The number of hydrogen-bond acceptors (Lipinski definition) is 10. The van der Waals surface area contributed by atoms with E-state index in [9.17, 15) is 17.2 Å². The number of aromatic nitrogens is 3. The lowest BCUT2D eigenvalue weighted by atomic mass is 10.1. The Labute approximate surface area is 249 Å². The summed E-state index contributed by atoms with van der Waals surface area (Å²) in [6.45, 7) is 2.89. The molecule has 0 aliphatic carbocycles. The molecule has 0 spiro atoms. The summed E-state index contributed by atoms with van der Waals surface area (Å²) in [7, 11) is -4.80. The van der Waals surface area contributed by atoms with Gasteiger partial charge in [-0.1, -0.05) is 23.5 Å². The summed E-state index contributed by atoms with van der Waals surface area (Å²) in [6, 6.07) is 8.42. The number of benzene rings is 2. The van der Waals surface area contributed by atoms with Gasteiger partial charge in [-0.3, -0.25) is 4.72 Å². The lowest BCUT2D eigenvalue weighted by molar-refractivity contribution is 0.122. The van der Waals surface area contributed by atoms with Crippen molar-refractivity contribution in [3.05, 3.63) is 66.1 Å². The highest BCUT2D eigenvalue weighted by Gasteiger charge is 2.28. The minimum Gasteiger partial charge on any atom is -0.378 e. The summed E-state index contributed by atoms with van der Waals surface area (Å²) in [4.78, 5) is 15.1. The summed E-state index contributed by atoms with van der Waals surface area (Å²) < 4.78 is 77.8. The first-order valence-corrected chi connectivity index (χ1v) is 16.6. The summed E-state index contributed by atoms with van der Waals surface area (Å²) in [5.74, 6) is -2.15. The average Bonchev–Trinajstić information content (AvgIpc) is 3.42. The third-order valence-electron chi connectivity index (χ3n) is 6.28. The highest BCUT2D eigenvalue weighted by Crippen LogP contribution is 2.42. The molecule has 1 aliphatic rings. The first-order valence-electron chi connectivity index (χ1n) is 12.9. The Morgan fingerprint density at radius 3 is 2.52 bits per heavy atom. The van der Waals surface area contributed by atoms with Gasteiger partial charge < -0.3 is 15.0 Å². The molecule has 0 bridgehead atoms. The Morgan fingerprint density at radius 2 is 1.79 bits per heavy atom. The number of morpholine rings is 1. The third kappa shape index (κ3) is 6.64. The molecule has 1 saturated heterocycles. The van der Waals surface area contributed by atoms with Crippen LogP contribution < -0.4 is 14.9 Å². The van der Waals surface area contributed by atoms with Crippen LogP contribution in [0.3, 0.4) is 0 Å². The maximum atomic E-state index is 16.0. The summed E-state index contributed by atoms with van der Waals surface area (Å²) in [5, 5.41) is 3.82. The Hall–Kier alpha value is -3.40. The second-order valence-corrected chi connectivity index (χ2v) is 12.7. The molecule has 0 radical (unpaired) electrons.